The number of hydrogen-bond acceptors (Lipinski definition) is 4. The summed E-state index contributed by atoms with van der Waals surface area (Å²) in [4.78, 5) is 2.43. The van der Waals surface area contributed by atoms with Gasteiger partial charge in [0.05, 0.1) is 4.90 Å². The summed E-state index contributed by atoms with van der Waals surface area (Å²) in [6, 6.07) is 2.23. The number of thiophene rings is 1. The largest absolute Gasteiger partial charge is 0.310 e. The molecule has 1 N–H and O–H groups in total. The standard InChI is InChI=1S/C15H28N2O2S2/c1-6-8-9-17(7-2)21(18,19)15-10-14(20-13(15)5)11-16-12(3)4/h10,12,16H,6-9,11H2,1-5H3. The zero-order valence-electron chi connectivity index (χ0n) is 13.8. The molecule has 1 aromatic rings. The van der Waals surface area contributed by atoms with Crippen LogP contribution in [0.15, 0.2) is 11.0 Å². The van der Waals surface area contributed by atoms with E-state index in [0.29, 0.717) is 24.0 Å². The van der Waals surface area contributed by atoms with Crippen LogP contribution in [0, 0.1) is 6.92 Å². The van der Waals surface area contributed by atoms with Crippen molar-refractivity contribution in [2.75, 3.05) is 13.1 Å². The lowest BCUT2D eigenvalue weighted by Gasteiger charge is -2.20. The number of aryl methyl sites for hydroxylation is 1. The number of unbranched alkanes of at least 4 members (excludes halogenated alkanes) is 1. The van der Waals surface area contributed by atoms with Gasteiger partial charge in [-0.15, -0.1) is 11.3 Å². The first-order valence-corrected chi connectivity index (χ1v) is 9.91. The van der Waals surface area contributed by atoms with Crippen molar-refractivity contribution < 1.29 is 8.42 Å². The monoisotopic (exact) mass is 332 g/mol. The quantitative estimate of drug-likeness (QED) is 0.754. The summed E-state index contributed by atoms with van der Waals surface area (Å²) in [5.41, 5.74) is 0. The van der Waals surface area contributed by atoms with Gasteiger partial charge in [-0.05, 0) is 19.4 Å². The van der Waals surface area contributed by atoms with Crippen molar-refractivity contribution in [2.45, 2.75) is 64.9 Å². The van der Waals surface area contributed by atoms with E-state index in [2.05, 4.69) is 26.1 Å². The summed E-state index contributed by atoms with van der Waals surface area (Å²) in [6.07, 6.45) is 1.90. The minimum Gasteiger partial charge on any atom is -0.310 e. The Kier molecular flexibility index (Phi) is 7.33. The smallest absolute Gasteiger partial charge is 0.244 e. The molecular formula is C15H28N2O2S2. The Balaban J connectivity index is 2.96. The van der Waals surface area contributed by atoms with E-state index in [4.69, 9.17) is 0 Å². The van der Waals surface area contributed by atoms with E-state index < -0.39 is 10.0 Å². The maximum absolute atomic E-state index is 12.8. The third-order valence-electron chi connectivity index (χ3n) is 3.34. The first-order chi connectivity index (χ1) is 9.82. The third kappa shape index (κ3) is 5.06. The van der Waals surface area contributed by atoms with Gasteiger partial charge in [-0.25, -0.2) is 8.42 Å². The molecule has 0 spiro atoms. The molecule has 1 rings (SSSR count). The van der Waals surface area contributed by atoms with Gasteiger partial charge in [0, 0.05) is 35.4 Å². The molecule has 0 bridgehead atoms. The first-order valence-electron chi connectivity index (χ1n) is 7.65. The summed E-state index contributed by atoms with van der Waals surface area (Å²) in [7, 11) is -3.36. The number of sulfonamides is 1. The normalized spacial score (nSPS) is 12.5. The molecule has 0 aromatic carbocycles. The molecule has 122 valence electrons. The van der Waals surface area contributed by atoms with E-state index in [1.807, 2.05) is 19.9 Å². The molecule has 0 atom stereocenters. The highest BCUT2D eigenvalue weighted by molar-refractivity contribution is 7.89. The highest BCUT2D eigenvalue weighted by atomic mass is 32.2. The first kappa shape index (κ1) is 18.6. The number of hydrogen-bond donors (Lipinski definition) is 1. The van der Waals surface area contributed by atoms with Gasteiger partial charge in [0.15, 0.2) is 0 Å². The fraction of sp³-hybridized carbons (Fsp3) is 0.733. The van der Waals surface area contributed by atoms with E-state index in [1.165, 1.54) is 0 Å². The summed E-state index contributed by atoms with van der Waals surface area (Å²) in [5.74, 6) is 0. The zero-order valence-corrected chi connectivity index (χ0v) is 15.4. The molecule has 6 heteroatoms. The lowest BCUT2D eigenvalue weighted by molar-refractivity contribution is 0.419. The average Bonchev–Trinajstić information content (AvgIpc) is 2.79. The maximum atomic E-state index is 12.8. The van der Waals surface area contributed by atoms with E-state index in [0.717, 1.165) is 29.1 Å². The van der Waals surface area contributed by atoms with Gasteiger partial charge in [-0.3, -0.25) is 0 Å². The van der Waals surface area contributed by atoms with Crippen LogP contribution in [-0.2, 0) is 16.6 Å². The Hall–Kier alpha value is -0.430. The van der Waals surface area contributed by atoms with Crippen molar-refractivity contribution in [3.63, 3.8) is 0 Å². The Morgan fingerprint density at radius 1 is 1.33 bits per heavy atom. The molecule has 1 heterocycles. The number of nitrogens with zero attached hydrogens (tertiary/aromatic N) is 1. The second-order valence-electron chi connectivity index (χ2n) is 5.52. The molecule has 0 aliphatic heterocycles. The predicted octanol–water partition coefficient (Wildman–Crippen LogP) is 3.37. The average molecular weight is 333 g/mol. The van der Waals surface area contributed by atoms with Gasteiger partial charge >= 0.3 is 0 Å². The Labute approximate surface area is 133 Å². The van der Waals surface area contributed by atoms with Gasteiger partial charge in [0.2, 0.25) is 10.0 Å². The molecule has 1 aromatic heterocycles. The van der Waals surface area contributed by atoms with Crippen LogP contribution in [0.2, 0.25) is 0 Å². The van der Waals surface area contributed by atoms with Crippen molar-refractivity contribution in [3.8, 4) is 0 Å². The molecule has 0 unspecified atom stereocenters. The summed E-state index contributed by atoms with van der Waals surface area (Å²) in [5, 5.41) is 3.33. The van der Waals surface area contributed by atoms with E-state index in [-0.39, 0.29) is 0 Å². The fourth-order valence-electron chi connectivity index (χ4n) is 2.09. The van der Waals surface area contributed by atoms with Gasteiger partial charge in [-0.2, -0.15) is 4.31 Å². The van der Waals surface area contributed by atoms with Crippen LogP contribution in [0.1, 0.15) is 50.3 Å². The highest BCUT2D eigenvalue weighted by Crippen LogP contribution is 2.28. The van der Waals surface area contributed by atoms with Crippen LogP contribution in [0.5, 0.6) is 0 Å². The van der Waals surface area contributed by atoms with Crippen LogP contribution >= 0.6 is 11.3 Å². The van der Waals surface area contributed by atoms with Crippen molar-refractivity contribution in [1.29, 1.82) is 0 Å². The van der Waals surface area contributed by atoms with Gasteiger partial charge in [-0.1, -0.05) is 34.1 Å². The van der Waals surface area contributed by atoms with Crippen LogP contribution in [-0.4, -0.2) is 31.9 Å². The SMILES string of the molecule is CCCCN(CC)S(=O)(=O)c1cc(CNC(C)C)sc1C. The molecule has 0 saturated carbocycles. The van der Waals surface area contributed by atoms with Crippen LogP contribution in [0.4, 0.5) is 0 Å². The van der Waals surface area contributed by atoms with E-state index in [1.54, 1.807) is 15.6 Å². The number of nitrogens with one attached hydrogen (secondary N) is 1. The summed E-state index contributed by atoms with van der Waals surface area (Å²) in [6.45, 7) is 11.9. The topological polar surface area (TPSA) is 49.4 Å². The molecule has 21 heavy (non-hydrogen) atoms. The number of rotatable bonds is 9. The van der Waals surface area contributed by atoms with E-state index in [9.17, 15) is 8.42 Å². The zero-order chi connectivity index (χ0) is 16.0. The van der Waals surface area contributed by atoms with Crippen molar-refractivity contribution in [2.24, 2.45) is 0 Å². The minimum atomic E-state index is -3.36. The van der Waals surface area contributed by atoms with Gasteiger partial charge in [0.1, 0.15) is 0 Å². The van der Waals surface area contributed by atoms with Crippen LogP contribution in [0.3, 0.4) is 0 Å². The second-order valence-corrected chi connectivity index (χ2v) is 8.77. The summed E-state index contributed by atoms with van der Waals surface area (Å²) >= 11 is 1.57. The highest BCUT2D eigenvalue weighted by Gasteiger charge is 2.26. The van der Waals surface area contributed by atoms with Crippen molar-refractivity contribution in [1.82, 2.24) is 9.62 Å². The Bertz CT molecular complexity index is 536. The molecule has 0 aliphatic carbocycles. The van der Waals surface area contributed by atoms with Gasteiger partial charge in [0.25, 0.3) is 0 Å². The summed E-state index contributed by atoms with van der Waals surface area (Å²) < 4.78 is 27.1. The molecule has 4 nitrogen and oxygen atoms in total. The Morgan fingerprint density at radius 3 is 2.52 bits per heavy atom. The van der Waals surface area contributed by atoms with Crippen LogP contribution < -0.4 is 5.32 Å². The second kappa shape index (κ2) is 8.27. The molecule has 0 aliphatic rings. The predicted molar refractivity (Wildman–Crippen MR) is 90.4 cm³/mol. The molecule has 0 radical (unpaired) electrons. The van der Waals surface area contributed by atoms with Gasteiger partial charge < -0.3 is 5.32 Å². The fourth-order valence-corrected chi connectivity index (χ4v) is 5.14. The third-order valence-corrected chi connectivity index (χ3v) is 6.62. The maximum Gasteiger partial charge on any atom is 0.244 e. The van der Waals surface area contributed by atoms with Crippen molar-refractivity contribution in [3.05, 3.63) is 15.8 Å². The van der Waals surface area contributed by atoms with Crippen molar-refractivity contribution >= 4 is 21.4 Å². The minimum absolute atomic E-state index is 0.393. The molecular weight excluding hydrogens is 304 g/mol. The lowest BCUT2D eigenvalue weighted by atomic mass is 10.3. The Morgan fingerprint density at radius 2 is 2.00 bits per heavy atom. The molecule has 0 amide bonds. The van der Waals surface area contributed by atoms with Crippen LogP contribution in [0.25, 0.3) is 0 Å². The lowest BCUT2D eigenvalue weighted by Crippen LogP contribution is -2.32. The molecule has 0 saturated heterocycles. The molecule has 0 fully saturated rings. The van der Waals surface area contributed by atoms with E-state index >= 15 is 0 Å².